The average molecular weight is 407 g/mol. The van der Waals surface area contributed by atoms with Gasteiger partial charge in [-0.25, -0.2) is 0 Å². The molecule has 2 heterocycles. The summed E-state index contributed by atoms with van der Waals surface area (Å²) in [5.74, 6) is 0.470. The monoisotopic (exact) mass is 406 g/mol. The number of halogens is 1. The highest BCUT2D eigenvalue weighted by Crippen LogP contribution is 2.49. The number of Topliss-reactive ketones (excluding diaryl/α,β-unsaturated/α-hetero) is 1. The number of benzene rings is 2. The number of carbonyl (C=O) groups is 1. The van der Waals surface area contributed by atoms with Crippen LogP contribution in [0.3, 0.4) is 0 Å². The number of phenols is 1. The second-order valence-electron chi connectivity index (χ2n) is 7.60. The molecule has 1 aliphatic heterocycles. The maximum atomic E-state index is 13.4. The van der Waals surface area contributed by atoms with Crippen molar-refractivity contribution in [3.05, 3.63) is 87.2 Å². The lowest BCUT2D eigenvalue weighted by atomic mass is 9.72. The Morgan fingerprint density at radius 3 is 2.79 bits per heavy atom. The fourth-order valence-electron chi connectivity index (χ4n) is 4.54. The molecule has 29 heavy (non-hydrogen) atoms. The predicted octanol–water partition coefficient (Wildman–Crippen LogP) is 5.30. The van der Waals surface area contributed by atoms with Gasteiger partial charge in [-0.3, -0.25) is 4.79 Å². The van der Waals surface area contributed by atoms with Crippen LogP contribution in [0.15, 0.2) is 64.3 Å². The lowest BCUT2D eigenvalue weighted by Crippen LogP contribution is -2.29. The Morgan fingerprint density at radius 1 is 1.17 bits per heavy atom. The van der Waals surface area contributed by atoms with E-state index in [1.165, 1.54) is 0 Å². The number of ketones is 1. The van der Waals surface area contributed by atoms with E-state index in [2.05, 4.69) is 10.5 Å². The summed E-state index contributed by atoms with van der Waals surface area (Å²) < 4.78 is 5.53. The number of nitrogens with zero attached hydrogens (tertiary/aromatic N) is 1. The number of phenolic OH excluding ortho intramolecular Hbond substituents is 1. The normalized spacial score (nSPS) is 20.8. The molecule has 0 fully saturated rings. The maximum absolute atomic E-state index is 13.4. The minimum atomic E-state index is -0.274. The number of carbonyl (C=O) groups excluding carboxylic acids is 1. The van der Waals surface area contributed by atoms with E-state index in [-0.39, 0.29) is 23.4 Å². The van der Waals surface area contributed by atoms with Crippen molar-refractivity contribution in [3.63, 3.8) is 0 Å². The van der Waals surface area contributed by atoms with Crippen molar-refractivity contribution in [2.75, 3.05) is 5.32 Å². The van der Waals surface area contributed by atoms with E-state index in [0.717, 1.165) is 33.7 Å². The van der Waals surface area contributed by atoms with Crippen LogP contribution in [0.5, 0.6) is 5.75 Å². The third-order valence-electron chi connectivity index (χ3n) is 5.82. The van der Waals surface area contributed by atoms with Gasteiger partial charge in [-0.2, -0.15) is 0 Å². The van der Waals surface area contributed by atoms with Gasteiger partial charge in [0.05, 0.1) is 11.3 Å². The number of allylic oxidation sites excluding steroid dienone is 2. The Bertz CT molecular complexity index is 1160. The molecule has 1 aliphatic carbocycles. The molecule has 0 radical (unpaired) electrons. The molecular weight excluding hydrogens is 388 g/mol. The highest BCUT2D eigenvalue weighted by atomic mass is 35.5. The number of rotatable bonds is 2. The molecule has 0 saturated carbocycles. The molecular formula is C23H19ClN2O3. The molecule has 2 aromatic carbocycles. The molecule has 3 aromatic rings. The van der Waals surface area contributed by atoms with Crippen LogP contribution in [-0.4, -0.2) is 16.0 Å². The summed E-state index contributed by atoms with van der Waals surface area (Å²) in [5.41, 5.74) is 4.90. The van der Waals surface area contributed by atoms with Crippen LogP contribution in [0.1, 0.15) is 47.1 Å². The zero-order valence-corrected chi connectivity index (χ0v) is 16.5. The third-order valence-corrected chi connectivity index (χ3v) is 6.05. The van der Waals surface area contributed by atoms with E-state index in [9.17, 15) is 9.90 Å². The summed E-state index contributed by atoms with van der Waals surface area (Å²) in [6.45, 7) is 1.88. The SMILES string of the molecule is Cc1noc2c1[C@H](c1cccc(Cl)c1)C1=C(C[C@@H](c3ccccc3O)CC1=O)N2. The summed E-state index contributed by atoms with van der Waals surface area (Å²) in [5, 5.41) is 18.3. The molecule has 0 amide bonds. The summed E-state index contributed by atoms with van der Waals surface area (Å²) >= 11 is 6.25. The van der Waals surface area contributed by atoms with Crippen LogP contribution in [0, 0.1) is 6.92 Å². The number of hydrogen-bond acceptors (Lipinski definition) is 5. The van der Waals surface area contributed by atoms with Crippen LogP contribution in [0.25, 0.3) is 0 Å². The lowest BCUT2D eigenvalue weighted by molar-refractivity contribution is -0.116. The first kappa shape index (κ1) is 18.0. The standard InChI is InChI=1S/C23H19ClN2O3/c1-12-20-21(13-5-4-6-15(24)9-13)22-17(25-23(20)29-26-12)10-14(11-19(22)28)16-7-2-3-8-18(16)27/h2-9,14,21,25,27H,10-11H2,1H3/t14-,21+/m1/s1. The summed E-state index contributed by atoms with van der Waals surface area (Å²) in [7, 11) is 0. The van der Waals surface area contributed by atoms with Crippen LogP contribution in [0.2, 0.25) is 5.02 Å². The third kappa shape index (κ3) is 2.93. The molecule has 0 saturated heterocycles. The van der Waals surface area contributed by atoms with Crippen molar-refractivity contribution in [2.24, 2.45) is 0 Å². The van der Waals surface area contributed by atoms with Crippen LogP contribution in [0.4, 0.5) is 5.88 Å². The van der Waals surface area contributed by atoms with Gasteiger partial charge in [-0.15, -0.1) is 0 Å². The van der Waals surface area contributed by atoms with Gasteiger partial charge in [-0.05, 0) is 42.7 Å². The molecule has 2 atom stereocenters. The van der Waals surface area contributed by atoms with Gasteiger partial charge < -0.3 is 14.9 Å². The smallest absolute Gasteiger partial charge is 0.233 e. The number of anilines is 1. The van der Waals surface area contributed by atoms with Crippen molar-refractivity contribution in [1.82, 2.24) is 5.16 Å². The molecule has 5 rings (SSSR count). The Hall–Kier alpha value is -3.05. The molecule has 146 valence electrons. The topological polar surface area (TPSA) is 75.4 Å². The molecule has 1 aromatic heterocycles. The Balaban J connectivity index is 1.64. The fraction of sp³-hybridized carbons (Fsp3) is 0.217. The lowest BCUT2D eigenvalue weighted by Gasteiger charge is -2.34. The first-order valence-electron chi connectivity index (χ1n) is 9.55. The van der Waals surface area contributed by atoms with E-state index in [1.54, 1.807) is 12.1 Å². The molecule has 0 bridgehead atoms. The number of aromatic nitrogens is 1. The molecule has 0 unspecified atom stereocenters. The van der Waals surface area contributed by atoms with Gasteiger partial charge in [0, 0.05) is 34.5 Å². The van der Waals surface area contributed by atoms with Gasteiger partial charge >= 0.3 is 0 Å². The Kier molecular flexibility index (Phi) is 4.21. The minimum absolute atomic E-state index is 0.0585. The van der Waals surface area contributed by atoms with E-state index in [0.29, 0.717) is 23.7 Å². The molecule has 0 spiro atoms. The van der Waals surface area contributed by atoms with Gasteiger partial charge in [0.2, 0.25) is 5.88 Å². The van der Waals surface area contributed by atoms with Crippen molar-refractivity contribution < 1.29 is 14.4 Å². The van der Waals surface area contributed by atoms with Crippen LogP contribution in [-0.2, 0) is 4.79 Å². The highest BCUT2D eigenvalue weighted by Gasteiger charge is 2.41. The van der Waals surface area contributed by atoms with Crippen LogP contribution < -0.4 is 5.32 Å². The number of nitrogens with one attached hydrogen (secondary N) is 1. The van der Waals surface area contributed by atoms with Crippen LogP contribution >= 0.6 is 11.6 Å². The first-order chi connectivity index (χ1) is 14.0. The average Bonchev–Trinajstić information content (AvgIpc) is 3.07. The zero-order valence-electron chi connectivity index (χ0n) is 15.8. The molecule has 5 nitrogen and oxygen atoms in total. The number of hydrogen-bond donors (Lipinski definition) is 2. The number of para-hydroxylation sites is 1. The van der Waals surface area contributed by atoms with Crippen molar-refractivity contribution in [1.29, 1.82) is 0 Å². The number of fused-ring (bicyclic) bond motifs is 1. The van der Waals surface area contributed by atoms with Gasteiger partial charge in [0.15, 0.2) is 5.78 Å². The fourth-order valence-corrected chi connectivity index (χ4v) is 4.74. The van der Waals surface area contributed by atoms with Gasteiger partial charge in [-0.1, -0.05) is 47.1 Å². The van der Waals surface area contributed by atoms with E-state index in [4.69, 9.17) is 16.1 Å². The van der Waals surface area contributed by atoms with E-state index in [1.807, 2.05) is 43.3 Å². The summed E-state index contributed by atoms with van der Waals surface area (Å²) in [6, 6.07) is 14.8. The highest BCUT2D eigenvalue weighted by molar-refractivity contribution is 6.30. The Labute approximate surface area is 173 Å². The number of aromatic hydroxyl groups is 1. The second kappa shape index (κ2) is 6.78. The Morgan fingerprint density at radius 2 is 2.00 bits per heavy atom. The van der Waals surface area contributed by atoms with Crippen molar-refractivity contribution >= 4 is 23.3 Å². The van der Waals surface area contributed by atoms with Crippen molar-refractivity contribution in [2.45, 2.75) is 31.6 Å². The van der Waals surface area contributed by atoms with E-state index >= 15 is 0 Å². The largest absolute Gasteiger partial charge is 0.508 e. The molecule has 6 heteroatoms. The molecule has 2 N–H and O–H groups in total. The minimum Gasteiger partial charge on any atom is -0.508 e. The predicted molar refractivity (Wildman–Crippen MR) is 110 cm³/mol. The van der Waals surface area contributed by atoms with E-state index < -0.39 is 0 Å². The summed E-state index contributed by atoms with van der Waals surface area (Å²) in [6.07, 6.45) is 0.948. The second-order valence-corrected chi connectivity index (χ2v) is 8.04. The first-order valence-corrected chi connectivity index (χ1v) is 9.93. The van der Waals surface area contributed by atoms with Gasteiger partial charge in [0.25, 0.3) is 0 Å². The quantitative estimate of drug-likeness (QED) is 0.604. The van der Waals surface area contributed by atoms with Gasteiger partial charge in [0.1, 0.15) is 5.75 Å². The maximum Gasteiger partial charge on any atom is 0.233 e. The van der Waals surface area contributed by atoms with Crippen molar-refractivity contribution in [3.8, 4) is 5.75 Å². The molecule has 2 aliphatic rings. The number of aryl methyl sites for hydroxylation is 1. The zero-order chi connectivity index (χ0) is 20.1. The summed E-state index contributed by atoms with van der Waals surface area (Å²) in [4.78, 5) is 13.4.